The predicted octanol–water partition coefficient (Wildman–Crippen LogP) is 4.67. The highest BCUT2D eigenvalue weighted by molar-refractivity contribution is 7.86. The SMILES string of the molecule is C/C=C\[C@]1(C)C[C@@H](OC(=O)COS(=O)(=O)c2ccc(C)cc2)/C(C)=C\C2(CCC(=O)CC2)[C@@H](C)C1O. The maximum Gasteiger partial charge on any atom is 0.334 e. The standard InChI is InChI=1S/C28H38O7S/c1-6-13-27(5)17-24(20(3)16-28(21(4)26(27)31)14-11-22(29)12-15-28)35-25(30)18-34-36(32,33)23-9-7-19(2)8-10-23/h6-10,13,16,21,24,26,31H,11-12,14-15,17-18H2,1-5H3/b13-6-,20-16-/t21-,24+,26?,27+/m0/s1. The fourth-order valence-electron chi connectivity index (χ4n) is 5.61. The second-order valence-electron chi connectivity index (χ2n) is 10.6. The third-order valence-corrected chi connectivity index (χ3v) is 9.18. The number of benzene rings is 1. The molecule has 1 spiro atoms. The minimum absolute atomic E-state index is 0.0329. The Morgan fingerprint density at radius 2 is 1.78 bits per heavy atom. The highest BCUT2D eigenvalue weighted by Gasteiger charge is 2.49. The molecule has 8 heteroatoms. The molecule has 36 heavy (non-hydrogen) atoms. The normalized spacial score (nSPS) is 30.4. The number of rotatable bonds is 6. The summed E-state index contributed by atoms with van der Waals surface area (Å²) in [6.07, 6.45) is 6.98. The predicted molar refractivity (Wildman–Crippen MR) is 137 cm³/mol. The van der Waals surface area contributed by atoms with E-state index in [1.807, 2.05) is 46.8 Å². The number of ketones is 1. The molecule has 0 bridgehead atoms. The Morgan fingerprint density at radius 1 is 1.17 bits per heavy atom. The summed E-state index contributed by atoms with van der Waals surface area (Å²) in [7, 11) is -4.11. The molecule has 1 aromatic rings. The Bertz CT molecular complexity index is 1120. The Hall–Kier alpha value is -2.29. The largest absolute Gasteiger partial charge is 0.456 e. The average molecular weight is 519 g/mol. The number of allylic oxidation sites excluding steroid dienone is 2. The molecule has 0 saturated heterocycles. The van der Waals surface area contributed by atoms with Gasteiger partial charge >= 0.3 is 5.97 Å². The van der Waals surface area contributed by atoms with Gasteiger partial charge in [0.15, 0.2) is 6.61 Å². The summed E-state index contributed by atoms with van der Waals surface area (Å²) in [6.45, 7) is 8.83. The first-order chi connectivity index (χ1) is 16.8. The van der Waals surface area contributed by atoms with Crippen LogP contribution in [0.5, 0.6) is 0 Å². The monoisotopic (exact) mass is 518 g/mol. The number of carbonyl (C=O) groups is 2. The summed E-state index contributed by atoms with van der Waals surface area (Å²) in [4.78, 5) is 24.7. The van der Waals surface area contributed by atoms with E-state index in [1.54, 1.807) is 12.1 Å². The first kappa shape index (κ1) is 28.3. The maximum atomic E-state index is 12.7. The number of Topliss-reactive ketones (excluding diaryl/α,β-unsaturated/α-hetero) is 1. The van der Waals surface area contributed by atoms with Gasteiger partial charge in [-0.25, -0.2) is 4.79 Å². The van der Waals surface area contributed by atoms with Crippen LogP contribution in [0.25, 0.3) is 0 Å². The van der Waals surface area contributed by atoms with Crippen LogP contribution in [0.2, 0.25) is 0 Å². The lowest BCUT2D eigenvalue weighted by Crippen LogP contribution is -2.49. The van der Waals surface area contributed by atoms with Crippen molar-refractivity contribution in [1.29, 1.82) is 0 Å². The summed E-state index contributed by atoms with van der Waals surface area (Å²) in [5, 5.41) is 11.5. The lowest BCUT2D eigenvalue weighted by atomic mass is 9.58. The number of aliphatic hydroxyl groups excluding tert-OH is 1. The summed E-state index contributed by atoms with van der Waals surface area (Å²) in [5.74, 6) is -0.690. The van der Waals surface area contributed by atoms with Crippen molar-refractivity contribution < 1.29 is 32.0 Å². The van der Waals surface area contributed by atoms with E-state index in [1.165, 1.54) is 12.1 Å². The van der Waals surface area contributed by atoms with Gasteiger partial charge in [-0.2, -0.15) is 8.42 Å². The molecule has 1 N–H and O–H groups in total. The van der Waals surface area contributed by atoms with E-state index in [9.17, 15) is 23.1 Å². The third kappa shape index (κ3) is 6.15. The van der Waals surface area contributed by atoms with E-state index < -0.39 is 45.7 Å². The number of aryl methyl sites for hydroxylation is 1. The van der Waals surface area contributed by atoms with Crippen molar-refractivity contribution in [3.05, 3.63) is 53.6 Å². The number of hydrogen-bond acceptors (Lipinski definition) is 7. The van der Waals surface area contributed by atoms with Crippen LogP contribution in [0.1, 0.15) is 65.4 Å². The number of hydrogen-bond donors (Lipinski definition) is 1. The number of ether oxygens (including phenoxy) is 1. The average Bonchev–Trinajstić information content (AvgIpc) is 2.83. The van der Waals surface area contributed by atoms with Crippen molar-refractivity contribution in [3.8, 4) is 0 Å². The van der Waals surface area contributed by atoms with Crippen LogP contribution in [0.15, 0.2) is 53.0 Å². The maximum absolute atomic E-state index is 12.7. The van der Waals surface area contributed by atoms with Crippen LogP contribution in [0.4, 0.5) is 0 Å². The van der Waals surface area contributed by atoms with Gasteiger partial charge in [-0.05, 0) is 69.1 Å². The minimum Gasteiger partial charge on any atom is -0.456 e. The van der Waals surface area contributed by atoms with Gasteiger partial charge in [0, 0.05) is 18.3 Å². The Kier molecular flexibility index (Phi) is 8.63. The topological polar surface area (TPSA) is 107 Å². The van der Waals surface area contributed by atoms with Crippen LogP contribution in [-0.4, -0.2) is 44.1 Å². The molecule has 1 unspecified atom stereocenters. The van der Waals surface area contributed by atoms with Gasteiger partial charge in [-0.1, -0.05) is 49.8 Å². The van der Waals surface area contributed by atoms with E-state index in [4.69, 9.17) is 8.92 Å². The van der Waals surface area contributed by atoms with E-state index in [0.717, 1.165) is 11.1 Å². The number of esters is 1. The van der Waals surface area contributed by atoms with Crippen LogP contribution >= 0.6 is 0 Å². The second kappa shape index (κ2) is 11.0. The summed E-state index contributed by atoms with van der Waals surface area (Å²) < 4.78 is 35.7. The molecule has 4 atom stereocenters. The summed E-state index contributed by atoms with van der Waals surface area (Å²) in [5.41, 5.74) is 0.642. The van der Waals surface area contributed by atoms with Crippen molar-refractivity contribution in [2.24, 2.45) is 16.7 Å². The van der Waals surface area contributed by atoms with Gasteiger partial charge < -0.3 is 9.84 Å². The van der Waals surface area contributed by atoms with Crippen LogP contribution in [0, 0.1) is 23.7 Å². The lowest BCUT2D eigenvalue weighted by molar-refractivity contribution is -0.152. The van der Waals surface area contributed by atoms with E-state index in [2.05, 4.69) is 6.08 Å². The zero-order valence-corrected chi connectivity index (χ0v) is 22.6. The number of carbonyl (C=O) groups excluding carboxylic acids is 2. The first-order valence-corrected chi connectivity index (χ1v) is 13.9. The Morgan fingerprint density at radius 3 is 2.36 bits per heavy atom. The van der Waals surface area contributed by atoms with E-state index in [-0.39, 0.29) is 16.6 Å². The Labute approximate surface area is 214 Å². The molecule has 1 saturated carbocycles. The molecule has 7 nitrogen and oxygen atoms in total. The first-order valence-electron chi connectivity index (χ1n) is 12.5. The molecular weight excluding hydrogens is 480 g/mol. The van der Waals surface area contributed by atoms with Crippen LogP contribution in [-0.2, 0) is 28.6 Å². The second-order valence-corrected chi connectivity index (χ2v) is 12.2. The van der Waals surface area contributed by atoms with Gasteiger partial charge in [0.05, 0.1) is 11.0 Å². The van der Waals surface area contributed by atoms with E-state index in [0.29, 0.717) is 32.1 Å². The van der Waals surface area contributed by atoms with Crippen molar-refractivity contribution in [2.75, 3.05) is 6.61 Å². The molecule has 3 rings (SSSR count). The highest BCUT2D eigenvalue weighted by atomic mass is 32.2. The van der Waals surface area contributed by atoms with Crippen LogP contribution < -0.4 is 0 Å². The highest BCUT2D eigenvalue weighted by Crippen LogP contribution is 2.51. The zero-order chi connectivity index (χ0) is 26.7. The number of aliphatic hydroxyl groups is 1. The van der Waals surface area contributed by atoms with Crippen molar-refractivity contribution in [1.82, 2.24) is 0 Å². The smallest absolute Gasteiger partial charge is 0.334 e. The van der Waals surface area contributed by atoms with Gasteiger partial charge in [0.2, 0.25) is 0 Å². The summed E-state index contributed by atoms with van der Waals surface area (Å²) >= 11 is 0. The van der Waals surface area contributed by atoms with Gasteiger partial charge in [-0.15, -0.1) is 0 Å². The van der Waals surface area contributed by atoms with Crippen molar-refractivity contribution in [3.63, 3.8) is 0 Å². The molecule has 1 fully saturated rings. The van der Waals surface area contributed by atoms with Crippen LogP contribution in [0.3, 0.4) is 0 Å². The molecular formula is C28H38O7S. The third-order valence-electron chi connectivity index (χ3n) is 7.91. The molecule has 0 aromatic heterocycles. The fourth-order valence-corrected chi connectivity index (χ4v) is 6.47. The van der Waals surface area contributed by atoms with Gasteiger partial charge in [-0.3, -0.25) is 8.98 Å². The van der Waals surface area contributed by atoms with Gasteiger partial charge in [0.25, 0.3) is 10.1 Å². The zero-order valence-electron chi connectivity index (χ0n) is 21.8. The van der Waals surface area contributed by atoms with Gasteiger partial charge in [0.1, 0.15) is 11.9 Å². The molecule has 2 aliphatic carbocycles. The molecule has 198 valence electrons. The van der Waals surface area contributed by atoms with E-state index >= 15 is 0 Å². The van der Waals surface area contributed by atoms with Crippen molar-refractivity contribution in [2.45, 2.75) is 83.8 Å². The molecule has 0 heterocycles. The molecule has 0 radical (unpaired) electrons. The minimum atomic E-state index is -4.11. The Balaban J connectivity index is 1.84. The fraction of sp³-hybridized carbons (Fsp3) is 0.571. The molecule has 2 aliphatic rings. The molecule has 0 aliphatic heterocycles. The summed E-state index contributed by atoms with van der Waals surface area (Å²) in [6, 6.07) is 6.16. The molecule has 1 aromatic carbocycles. The quantitative estimate of drug-likeness (QED) is 0.331. The molecule has 0 amide bonds. The lowest BCUT2D eigenvalue weighted by Gasteiger charge is -2.49. The van der Waals surface area contributed by atoms with Crippen molar-refractivity contribution >= 4 is 21.9 Å².